The molecule has 1 N–H and O–H groups in total. The summed E-state index contributed by atoms with van der Waals surface area (Å²) in [5.41, 5.74) is 6.20. The molecule has 5 heterocycles. The Morgan fingerprint density at radius 3 is 2.97 bits per heavy atom. The van der Waals surface area contributed by atoms with Crippen molar-refractivity contribution in [1.29, 1.82) is 5.26 Å². The average Bonchev–Trinajstić information content (AvgIpc) is 3.49. The predicted octanol–water partition coefficient (Wildman–Crippen LogP) is 3.75. The zero-order chi connectivity index (χ0) is 22.0. The van der Waals surface area contributed by atoms with E-state index < -0.39 is 0 Å². The minimum absolute atomic E-state index is 0.174. The van der Waals surface area contributed by atoms with Crippen LogP contribution in [0.1, 0.15) is 35.4 Å². The molecule has 9 heteroatoms. The van der Waals surface area contributed by atoms with E-state index in [1.807, 2.05) is 23.9 Å². The summed E-state index contributed by atoms with van der Waals surface area (Å²) in [5.74, 6) is 0.231. The molecule has 2 bridgehead atoms. The van der Waals surface area contributed by atoms with Crippen molar-refractivity contribution < 1.29 is 4.39 Å². The van der Waals surface area contributed by atoms with Crippen LogP contribution in [-0.4, -0.2) is 34.3 Å². The van der Waals surface area contributed by atoms with Crippen LogP contribution < -0.4 is 0 Å². The summed E-state index contributed by atoms with van der Waals surface area (Å²) in [6, 6.07) is 7.02. The minimum atomic E-state index is -0.307. The van der Waals surface area contributed by atoms with Gasteiger partial charge in [-0.15, -0.1) is 0 Å². The molecule has 1 atom stereocenters. The fourth-order valence-corrected chi connectivity index (χ4v) is 4.55. The molecule has 0 amide bonds. The van der Waals surface area contributed by atoms with Crippen LogP contribution in [0.3, 0.4) is 0 Å². The van der Waals surface area contributed by atoms with E-state index in [0.29, 0.717) is 46.2 Å². The summed E-state index contributed by atoms with van der Waals surface area (Å²) in [6.07, 6.45) is 7.10. The van der Waals surface area contributed by atoms with E-state index in [2.05, 4.69) is 26.1 Å². The zero-order valence-corrected chi connectivity index (χ0v) is 17.3. The van der Waals surface area contributed by atoms with Gasteiger partial charge in [0.25, 0.3) is 0 Å². The highest BCUT2D eigenvalue weighted by Crippen LogP contribution is 2.37. The number of rotatable bonds is 0. The lowest BCUT2D eigenvalue weighted by Crippen LogP contribution is -2.08. The number of imidazole rings is 1. The Labute approximate surface area is 182 Å². The number of aromatic nitrogens is 7. The largest absolute Gasteiger partial charge is 0.344 e. The smallest absolute Gasteiger partial charge is 0.156 e. The summed E-state index contributed by atoms with van der Waals surface area (Å²) < 4.78 is 17.9. The standard InChI is InChI=1S/C23H17FN8/c1-12-15-7-13(24)3-4-14(15)23-26-5-6-32(23)11-18-20(19(8-25)31(2)30-18)17-10-28-22-21(29-17)16(12)9-27-22/h3-7,9-10,12H,11H2,1-2H3,(H,27,28)/t12-/m1/s1. The van der Waals surface area contributed by atoms with Crippen molar-refractivity contribution >= 4 is 11.2 Å². The van der Waals surface area contributed by atoms with Gasteiger partial charge in [0.15, 0.2) is 5.65 Å². The Morgan fingerprint density at radius 2 is 2.12 bits per heavy atom. The van der Waals surface area contributed by atoms with Crippen molar-refractivity contribution in [3.8, 4) is 28.7 Å². The average molecular weight is 424 g/mol. The summed E-state index contributed by atoms with van der Waals surface area (Å²) in [5, 5.41) is 14.4. The third-order valence-electron chi connectivity index (χ3n) is 6.12. The van der Waals surface area contributed by atoms with Gasteiger partial charge in [-0.05, 0) is 23.8 Å². The highest BCUT2D eigenvalue weighted by molar-refractivity contribution is 5.81. The monoisotopic (exact) mass is 424 g/mol. The number of hydrogen-bond donors (Lipinski definition) is 1. The Morgan fingerprint density at radius 1 is 1.25 bits per heavy atom. The lowest BCUT2D eigenvalue weighted by atomic mass is 9.90. The number of nitriles is 1. The number of aromatic amines is 1. The number of halogens is 1. The van der Waals surface area contributed by atoms with E-state index in [4.69, 9.17) is 4.98 Å². The first kappa shape index (κ1) is 18.4. The molecule has 1 aliphatic heterocycles. The molecule has 0 unspecified atom stereocenters. The fourth-order valence-electron chi connectivity index (χ4n) is 4.55. The second kappa shape index (κ2) is 6.59. The molecule has 0 aliphatic carbocycles. The second-order valence-electron chi connectivity index (χ2n) is 7.93. The van der Waals surface area contributed by atoms with Crippen molar-refractivity contribution in [2.75, 3.05) is 0 Å². The van der Waals surface area contributed by atoms with Crippen LogP contribution in [0, 0.1) is 17.1 Å². The van der Waals surface area contributed by atoms with Gasteiger partial charge in [0, 0.05) is 42.7 Å². The molecule has 0 saturated heterocycles. The number of benzene rings is 1. The molecule has 0 radical (unpaired) electrons. The maximum absolute atomic E-state index is 14.3. The zero-order valence-electron chi connectivity index (χ0n) is 17.3. The molecule has 156 valence electrons. The number of nitrogens with zero attached hydrogens (tertiary/aromatic N) is 7. The van der Waals surface area contributed by atoms with Gasteiger partial charge in [-0.2, -0.15) is 10.4 Å². The quantitative estimate of drug-likeness (QED) is 0.408. The molecule has 0 spiro atoms. The highest BCUT2D eigenvalue weighted by Gasteiger charge is 2.26. The van der Waals surface area contributed by atoms with Crippen molar-refractivity contribution in [1.82, 2.24) is 34.3 Å². The van der Waals surface area contributed by atoms with E-state index in [1.54, 1.807) is 36.3 Å². The lowest BCUT2D eigenvalue weighted by molar-refractivity contribution is 0.624. The summed E-state index contributed by atoms with van der Waals surface area (Å²) >= 11 is 0. The third-order valence-corrected chi connectivity index (χ3v) is 6.12. The Balaban J connectivity index is 1.74. The molecule has 5 aromatic rings. The summed E-state index contributed by atoms with van der Waals surface area (Å²) in [6.45, 7) is 2.40. The maximum atomic E-state index is 14.3. The molecule has 1 aromatic carbocycles. The van der Waals surface area contributed by atoms with Crippen molar-refractivity contribution in [2.24, 2.45) is 7.05 Å². The number of aryl methyl sites for hydroxylation is 1. The summed E-state index contributed by atoms with van der Waals surface area (Å²) in [4.78, 5) is 17.2. The predicted molar refractivity (Wildman–Crippen MR) is 115 cm³/mol. The third kappa shape index (κ3) is 2.53. The van der Waals surface area contributed by atoms with Gasteiger partial charge < -0.3 is 9.55 Å². The molecule has 1 aliphatic rings. The number of fused-ring (bicyclic) bond motifs is 6. The molecule has 4 aromatic heterocycles. The van der Waals surface area contributed by atoms with Crippen LogP contribution in [-0.2, 0) is 13.6 Å². The van der Waals surface area contributed by atoms with E-state index in [9.17, 15) is 9.65 Å². The minimum Gasteiger partial charge on any atom is -0.344 e. The fraction of sp³-hybridized carbons (Fsp3) is 0.174. The normalized spacial score (nSPS) is 14.9. The topological polar surface area (TPSA) is 101 Å². The van der Waals surface area contributed by atoms with Gasteiger partial charge in [0.1, 0.15) is 28.9 Å². The Hall–Kier alpha value is -4.32. The van der Waals surface area contributed by atoms with Crippen LogP contribution in [0.2, 0.25) is 0 Å². The van der Waals surface area contributed by atoms with Gasteiger partial charge >= 0.3 is 0 Å². The van der Waals surface area contributed by atoms with Crippen molar-refractivity contribution in [3.63, 3.8) is 0 Å². The van der Waals surface area contributed by atoms with Gasteiger partial charge in [0.05, 0.1) is 29.7 Å². The molecular weight excluding hydrogens is 407 g/mol. The van der Waals surface area contributed by atoms with Crippen LogP contribution in [0.25, 0.3) is 33.8 Å². The molecule has 8 nitrogen and oxygen atoms in total. The first-order valence-electron chi connectivity index (χ1n) is 10.2. The Bertz CT molecular complexity index is 1560. The van der Waals surface area contributed by atoms with Gasteiger partial charge in [-0.1, -0.05) is 6.92 Å². The number of hydrogen-bond acceptors (Lipinski definition) is 5. The maximum Gasteiger partial charge on any atom is 0.156 e. The van der Waals surface area contributed by atoms with Crippen LogP contribution >= 0.6 is 0 Å². The number of H-pyrrole nitrogens is 1. The van der Waals surface area contributed by atoms with Crippen molar-refractivity contribution in [3.05, 3.63) is 71.3 Å². The van der Waals surface area contributed by atoms with Gasteiger partial charge in [-0.3, -0.25) is 4.68 Å². The van der Waals surface area contributed by atoms with E-state index in [0.717, 1.165) is 16.7 Å². The molecule has 0 saturated carbocycles. The summed E-state index contributed by atoms with van der Waals surface area (Å²) in [7, 11) is 1.74. The SMILES string of the molecule is C[C@@H]1c2cc(F)ccc2-c2nccn2Cc2nn(C)c(C#N)c2-c2cnc3[nH]cc1c3n2. The lowest BCUT2D eigenvalue weighted by Gasteiger charge is -2.18. The highest BCUT2D eigenvalue weighted by atomic mass is 19.1. The molecule has 6 rings (SSSR count). The first-order chi connectivity index (χ1) is 15.5. The van der Waals surface area contributed by atoms with Crippen LogP contribution in [0.15, 0.2) is 43.0 Å². The van der Waals surface area contributed by atoms with Crippen molar-refractivity contribution in [2.45, 2.75) is 19.4 Å². The second-order valence-corrected chi connectivity index (χ2v) is 7.93. The molecular formula is C23H17FN8. The van der Waals surface area contributed by atoms with Gasteiger partial charge in [0.2, 0.25) is 0 Å². The van der Waals surface area contributed by atoms with E-state index >= 15 is 0 Å². The van der Waals surface area contributed by atoms with Crippen LogP contribution in [0.5, 0.6) is 0 Å². The van der Waals surface area contributed by atoms with Gasteiger partial charge in [-0.25, -0.2) is 19.3 Å². The number of nitrogens with one attached hydrogen (secondary N) is 1. The molecule has 0 fully saturated rings. The van der Waals surface area contributed by atoms with E-state index in [1.165, 1.54) is 6.07 Å². The van der Waals surface area contributed by atoms with E-state index in [-0.39, 0.29) is 11.7 Å². The first-order valence-corrected chi connectivity index (χ1v) is 10.2. The van der Waals surface area contributed by atoms with Crippen LogP contribution in [0.4, 0.5) is 4.39 Å². The molecule has 32 heavy (non-hydrogen) atoms. The Kier molecular flexibility index (Phi) is 3.80.